The molecule has 130 valence electrons. The predicted octanol–water partition coefficient (Wildman–Crippen LogP) is 4.62. The van der Waals surface area contributed by atoms with Crippen LogP contribution in [-0.4, -0.2) is 16.7 Å². The normalized spacial score (nSPS) is 12.2. The Morgan fingerprint density at radius 2 is 1.85 bits per heavy atom. The molecule has 0 bridgehead atoms. The van der Waals surface area contributed by atoms with Crippen LogP contribution in [0.4, 0.5) is 0 Å². The predicted molar refractivity (Wildman–Crippen MR) is 101 cm³/mol. The van der Waals surface area contributed by atoms with Crippen molar-refractivity contribution in [3.63, 3.8) is 0 Å². The molecule has 0 aliphatic heterocycles. The fourth-order valence-electron chi connectivity index (χ4n) is 2.79. The van der Waals surface area contributed by atoms with Crippen LogP contribution in [0.5, 0.6) is 5.88 Å². The molecule has 2 aromatic carbocycles. The largest absolute Gasteiger partial charge is 0.465 e. The number of pyridine rings is 1. The van der Waals surface area contributed by atoms with Gasteiger partial charge in [0.15, 0.2) is 0 Å². The van der Waals surface area contributed by atoms with E-state index >= 15 is 0 Å². The molecule has 4 aromatic rings. The Kier molecular flexibility index (Phi) is 4.56. The van der Waals surface area contributed by atoms with E-state index in [1.807, 2.05) is 60.7 Å². The standard InChI is InChI=1S/C20H16ClN3O2/c21-17-9-5-4-8-15(17)14-10-16-19(23-12-14)26-24-20(16)25-18(11-22)13-6-2-1-3-7-13/h1-10,12,18H,11,22H2/t18-/m0/s1. The number of halogens is 1. The summed E-state index contributed by atoms with van der Waals surface area (Å²) in [5.74, 6) is 0.362. The Balaban J connectivity index is 1.72. The molecule has 2 N–H and O–H groups in total. The lowest BCUT2D eigenvalue weighted by molar-refractivity contribution is 0.196. The third-order valence-corrected chi connectivity index (χ3v) is 4.45. The van der Waals surface area contributed by atoms with E-state index in [-0.39, 0.29) is 6.10 Å². The van der Waals surface area contributed by atoms with Crippen LogP contribution in [0, 0.1) is 0 Å². The van der Waals surface area contributed by atoms with Gasteiger partial charge in [0.1, 0.15) is 11.5 Å². The number of ether oxygens (including phenoxy) is 1. The van der Waals surface area contributed by atoms with Crippen molar-refractivity contribution >= 4 is 22.7 Å². The molecule has 26 heavy (non-hydrogen) atoms. The molecule has 4 rings (SSSR count). The lowest BCUT2D eigenvalue weighted by Crippen LogP contribution is -2.18. The molecule has 0 saturated carbocycles. The summed E-state index contributed by atoms with van der Waals surface area (Å²) in [7, 11) is 0. The highest BCUT2D eigenvalue weighted by atomic mass is 35.5. The zero-order valence-electron chi connectivity index (χ0n) is 13.8. The zero-order valence-corrected chi connectivity index (χ0v) is 14.6. The molecule has 2 aromatic heterocycles. The number of hydrogen-bond acceptors (Lipinski definition) is 5. The molecule has 5 nitrogen and oxygen atoms in total. The number of hydrogen-bond donors (Lipinski definition) is 1. The number of nitrogens with zero attached hydrogens (tertiary/aromatic N) is 2. The maximum atomic E-state index is 6.30. The van der Waals surface area contributed by atoms with Crippen LogP contribution in [0.1, 0.15) is 11.7 Å². The first kappa shape index (κ1) is 16.6. The smallest absolute Gasteiger partial charge is 0.264 e. The van der Waals surface area contributed by atoms with Crippen LogP contribution in [-0.2, 0) is 0 Å². The number of aromatic nitrogens is 2. The third-order valence-electron chi connectivity index (χ3n) is 4.12. The summed E-state index contributed by atoms with van der Waals surface area (Å²) in [6, 6.07) is 19.3. The van der Waals surface area contributed by atoms with Crippen molar-refractivity contribution in [3.8, 4) is 17.0 Å². The first-order valence-electron chi connectivity index (χ1n) is 8.18. The molecule has 0 aliphatic rings. The van der Waals surface area contributed by atoms with Crippen molar-refractivity contribution in [2.24, 2.45) is 5.73 Å². The molecule has 0 fully saturated rings. The van der Waals surface area contributed by atoms with Crippen LogP contribution < -0.4 is 10.5 Å². The Morgan fingerprint density at radius 1 is 1.08 bits per heavy atom. The van der Waals surface area contributed by atoms with Crippen LogP contribution in [0.25, 0.3) is 22.2 Å². The lowest BCUT2D eigenvalue weighted by atomic mass is 10.1. The van der Waals surface area contributed by atoms with E-state index in [2.05, 4.69) is 10.1 Å². The quantitative estimate of drug-likeness (QED) is 0.558. The molecule has 1 atom stereocenters. The van der Waals surface area contributed by atoms with Crippen LogP contribution in [0.2, 0.25) is 5.02 Å². The first-order valence-corrected chi connectivity index (χ1v) is 8.56. The second kappa shape index (κ2) is 7.15. The molecule has 6 heteroatoms. The van der Waals surface area contributed by atoms with Gasteiger partial charge in [-0.1, -0.05) is 60.1 Å². The van der Waals surface area contributed by atoms with Crippen molar-refractivity contribution in [1.29, 1.82) is 0 Å². The van der Waals surface area contributed by atoms with E-state index < -0.39 is 0 Å². The minimum atomic E-state index is -0.325. The van der Waals surface area contributed by atoms with Crippen LogP contribution in [0.15, 0.2) is 71.4 Å². The van der Waals surface area contributed by atoms with Gasteiger partial charge in [-0.15, -0.1) is 0 Å². The number of rotatable bonds is 5. The topological polar surface area (TPSA) is 74.2 Å². The minimum absolute atomic E-state index is 0.315. The Labute approximate surface area is 155 Å². The van der Waals surface area contributed by atoms with E-state index in [9.17, 15) is 0 Å². The maximum absolute atomic E-state index is 6.30. The number of benzene rings is 2. The summed E-state index contributed by atoms with van der Waals surface area (Å²) >= 11 is 6.30. The van der Waals surface area contributed by atoms with Crippen molar-refractivity contribution in [2.75, 3.05) is 6.54 Å². The van der Waals surface area contributed by atoms with Gasteiger partial charge in [-0.3, -0.25) is 0 Å². The minimum Gasteiger partial charge on any atom is -0.465 e. The second-order valence-electron chi connectivity index (χ2n) is 5.80. The van der Waals surface area contributed by atoms with Crippen LogP contribution >= 0.6 is 11.6 Å². The SMILES string of the molecule is NC[C@H](Oc1noc2ncc(-c3ccccc3Cl)cc12)c1ccccc1. The molecule has 0 amide bonds. The van der Waals surface area contributed by atoms with Gasteiger partial charge >= 0.3 is 0 Å². The van der Waals surface area contributed by atoms with E-state index in [4.69, 9.17) is 26.6 Å². The van der Waals surface area contributed by atoms with Crippen molar-refractivity contribution in [3.05, 3.63) is 77.4 Å². The molecule has 0 radical (unpaired) electrons. The maximum Gasteiger partial charge on any atom is 0.264 e. The number of fused-ring (bicyclic) bond motifs is 1. The summed E-state index contributed by atoms with van der Waals surface area (Å²) in [5, 5.41) is 5.34. The van der Waals surface area contributed by atoms with Crippen molar-refractivity contribution in [1.82, 2.24) is 10.1 Å². The molecule has 0 spiro atoms. The highest BCUT2D eigenvalue weighted by Gasteiger charge is 2.18. The van der Waals surface area contributed by atoms with E-state index in [1.54, 1.807) is 6.20 Å². The van der Waals surface area contributed by atoms with Crippen molar-refractivity contribution in [2.45, 2.75) is 6.10 Å². The molecular formula is C20H16ClN3O2. The summed E-state index contributed by atoms with van der Waals surface area (Å²) in [6.45, 7) is 0.315. The Bertz CT molecular complexity index is 1030. The van der Waals surface area contributed by atoms with Gasteiger partial charge in [-0.25, -0.2) is 4.98 Å². The van der Waals surface area contributed by atoms with Gasteiger partial charge in [0.2, 0.25) is 0 Å². The monoisotopic (exact) mass is 365 g/mol. The van der Waals surface area contributed by atoms with Gasteiger partial charge in [-0.05, 0) is 22.9 Å². The molecular weight excluding hydrogens is 350 g/mol. The second-order valence-corrected chi connectivity index (χ2v) is 6.20. The highest BCUT2D eigenvalue weighted by Crippen LogP contribution is 2.33. The molecule has 0 unspecified atom stereocenters. The fourth-order valence-corrected chi connectivity index (χ4v) is 3.04. The molecule has 0 saturated heterocycles. The molecule has 2 heterocycles. The average molecular weight is 366 g/mol. The van der Waals surface area contributed by atoms with E-state index in [0.29, 0.717) is 28.5 Å². The Hall–Kier alpha value is -2.89. The van der Waals surface area contributed by atoms with Gasteiger partial charge in [0.25, 0.3) is 11.6 Å². The third kappa shape index (κ3) is 3.14. The fraction of sp³-hybridized carbons (Fsp3) is 0.100. The van der Waals surface area contributed by atoms with Gasteiger partial charge in [0, 0.05) is 28.9 Å². The van der Waals surface area contributed by atoms with E-state index in [0.717, 1.165) is 16.7 Å². The summed E-state index contributed by atoms with van der Waals surface area (Å²) in [4.78, 5) is 4.33. The lowest BCUT2D eigenvalue weighted by Gasteiger charge is -2.15. The van der Waals surface area contributed by atoms with Gasteiger partial charge < -0.3 is 15.0 Å². The van der Waals surface area contributed by atoms with Crippen molar-refractivity contribution < 1.29 is 9.26 Å². The van der Waals surface area contributed by atoms with Gasteiger partial charge in [-0.2, -0.15) is 0 Å². The zero-order chi connectivity index (χ0) is 17.9. The van der Waals surface area contributed by atoms with Gasteiger partial charge in [0.05, 0.1) is 0 Å². The summed E-state index contributed by atoms with van der Waals surface area (Å²) < 4.78 is 11.3. The average Bonchev–Trinajstić information content (AvgIpc) is 3.09. The van der Waals surface area contributed by atoms with E-state index in [1.165, 1.54) is 0 Å². The highest BCUT2D eigenvalue weighted by molar-refractivity contribution is 6.33. The van der Waals surface area contributed by atoms with Crippen LogP contribution in [0.3, 0.4) is 0 Å². The first-order chi connectivity index (χ1) is 12.8. The summed E-state index contributed by atoms with van der Waals surface area (Å²) in [5.41, 5.74) is 9.01. The molecule has 0 aliphatic carbocycles. The Morgan fingerprint density at radius 3 is 2.62 bits per heavy atom. The summed E-state index contributed by atoms with van der Waals surface area (Å²) in [6.07, 6.45) is 1.38. The number of nitrogens with two attached hydrogens (primary N) is 1.